The number of thiophene rings is 1. The summed E-state index contributed by atoms with van der Waals surface area (Å²) in [7, 11) is 1.74. The van der Waals surface area contributed by atoms with Crippen LogP contribution in [0.2, 0.25) is 0 Å². The normalized spacial score (nSPS) is 17.0. The third-order valence-electron chi connectivity index (χ3n) is 5.63. The summed E-state index contributed by atoms with van der Waals surface area (Å²) in [5.74, 6) is 0.636. The van der Waals surface area contributed by atoms with Crippen LogP contribution in [0.5, 0.6) is 0 Å². The Morgan fingerprint density at radius 1 is 1.36 bits per heavy atom. The minimum Gasteiger partial charge on any atom is -0.275 e. The van der Waals surface area contributed by atoms with Crippen LogP contribution in [0.4, 0.5) is 0 Å². The minimum atomic E-state index is -0.427. The Bertz CT molecular complexity index is 1130. The summed E-state index contributed by atoms with van der Waals surface area (Å²) in [6.45, 7) is 8.56. The molecule has 28 heavy (non-hydrogen) atoms. The van der Waals surface area contributed by atoms with E-state index < -0.39 is 5.91 Å². The first-order chi connectivity index (χ1) is 13.1. The molecule has 3 aromatic rings. The van der Waals surface area contributed by atoms with E-state index in [2.05, 4.69) is 36.3 Å². The molecule has 0 bridgehead atoms. The van der Waals surface area contributed by atoms with Crippen LogP contribution in [0.3, 0.4) is 0 Å². The van der Waals surface area contributed by atoms with Gasteiger partial charge in [0.25, 0.3) is 11.5 Å². The molecule has 1 aliphatic carbocycles. The third kappa shape index (κ3) is 3.15. The number of carbonyl (C=O) groups excluding carboxylic acids is 1. The van der Waals surface area contributed by atoms with E-state index in [4.69, 9.17) is 0 Å². The van der Waals surface area contributed by atoms with Crippen LogP contribution >= 0.6 is 11.3 Å². The van der Waals surface area contributed by atoms with Crippen molar-refractivity contribution in [2.24, 2.45) is 18.4 Å². The molecule has 7 nitrogen and oxygen atoms in total. The van der Waals surface area contributed by atoms with Crippen LogP contribution in [-0.2, 0) is 19.9 Å². The van der Waals surface area contributed by atoms with E-state index in [0.29, 0.717) is 17.1 Å². The van der Waals surface area contributed by atoms with Gasteiger partial charge in [-0.2, -0.15) is 5.10 Å². The van der Waals surface area contributed by atoms with Gasteiger partial charge in [-0.15, -0.1) is 11.3 Å². The highest BCUT2D eigenvalue weighted by atomic mass is 32.1. The van der Waals surface area contributed by atoms with Gasteiger partial charge >= 0.3 is 0 Å². The largest absolute Gasteiger partial charge is 0.290 e. The number of fused-ring (bicyclic) bond motifs is 3. The predicted molar refractivity (Wildman–Crippen MR) is 110 cm³/mol. The molecule has 1 aliphatic rings. The molecule has 0 aromatic carbocycles. The fourth-order valence-corrected chi connectivity index (χ4v) is 5.23. The average Bonchev–Trinajstić information content (AvgIpc) is 3.20. The fourth-order valence-electron chi connectivity index (χ4n) is 3.89. The highest BCUT2D eigenvalue weighted by molar-refractivity contribution is 7.18. The van der Waals surface area contributed by atoms with Crippen LogP contribution < -0.4 is 11.0 Å². The van der Waals surface area contributed by atoms with Crippen molar-refractivity contribution in [3.8, 4) is 0 Å². The van der Waals surface area contributed by atoms with Crippen molar-refractivity contribution < 1.29 is 4.79 Å². The van der Waals surface area contributed by atoms with E-state index in [1.54, 1.807) is 42.3 Å². The second-order valence-corrected chi connectivity index (χ2v) is 9.69. The summed E-state index contributed by atoms with van der Waals surface area (Å²) in [4.78, 5) is 32.4. The molecule has 1 atom stereocenters. The molecule has 3 aromatic heterocycles. The lowest BCUT2D eigenvalue weighted by molar-refractivity contribution is 0.100. The lowest BCUT2D eigenvalue weighted by Gasteiger charge is -2.33. The number of rotatable bonds is 2. The Labute approximate surface area is 167 Å². The van der Waals surface area contributed by atoms with Crippen molar-refractivity contribution in [2.45, 2.75) is 47.0 Å². The van der Waals surface area contributed by atoms with Crippen molar-refractivity contribution in [2.75, 3.05) is 5.43 Å². The molecule has 0 fully saturated rings. The van der Waals surface area contributed by atoms with Gasteiger partial charge < -0.3 is 0 Å². The van der Waals surface area contributed by atoms with Crippen LogP contribution in [0.15, 0.2) is 17.1 Å². The van der Waals surface area contributed by atoms with Gasteiger partial charge in [-0.3, -0.25) is 19.7 Å². The average molecular weight is 400 g/mol. The van der Waals surface area contributed by atoms with E-state index in [1.165, 1.54) is 9.55 Å². The number of nitrogens with zero attached hydrogens (tertiary/aromatic N) is 4. The number of aryl methyl sites for hydroxylation is 3. The third-order valence-corrected chi connectivity index (χ3v) is 6.78. The lowest BCUT2D eigenvalue weighted by Crippen LogP contribution is -2.36. The molecule has 1 amide bonds. The number of carbonyl (C=O) groups is 1. The highest BCUT2D eigenvalue weighted by Crippen LogP contribution is 2.42. The van der Waals surface area contributed by atoms with Gasteiger partial charge in [-0.25, -0.2) is 9.66 Å². The summed E-state index contributed by atoms with van der Waals surface area (Å²) in [5, 5.41) is 4.74. The van der Waals surface area contributed by atoms with Gasteiger partial charge in [0.1, 0.15) is 10.7 Å². The Balaban J connectivity index is 1.74. The molecule has 0 saturated carbocycles. The van der Waals surface area contributed by atoms with Crippen molar-refractivity contribution in [3.63, 3.8) is 0 Å². The van der Waals surface area contributed by atoms with Crippen molar-refractivity contribution >= 4 is 27.5 Å². The first-order valence-corrected chi connectivity index (χ1v) is 10.3. The zero-order valence-corrected chi connectivity index (χ0v) is 17.7. The van der Waals surface area contributed by atoms with Gasteiger partial charge in [0.2, 0.25) is 0 Å². The Morgan fingerprint density at radius 3 is 2.75 bits per heavy atom. The summed E-state index contributed by atoms with van der Waals surface area (Å²) < 4.78 is 2.80. The van der Waals surface area contributed by atoms with Gasteiger partial charge in [-0.1, -0.05) is 20.8 Å². The molecule has 1 N–H and O–H groups in total. The number of aromatic nitrogens is 4. The van der Waals surface area contributed by atoms with E-state index in [9.17, 15) is 9.59 Å². The Morgan fingerprint density at radius 2 is 2.11 bits per heavy atom. The molecule has 3 heterocycles. The molecule has 1 unspecified atom stereocenters. The summed E-state index contributed by atoms with van der Waals surface area (Å²) in [5.41, 5.74) is 4.06. The zero-order chi connectivity index (χ0) is 20.2. The quantitative estimate of drug-likeness (QED) is 0.718. The smallest absolute Gasteiger partial charge is 0.275 e. The van der Waals surface area contributed by atoms with Crippen molar-refractivity contribution in [1.29, 1.82) is 0 Å². The number of nitrogens with one attached hydrogen (secondary N) is 1. The maximum absolute atomic E-state index is 13.2. The second-order valence-electron chi connectivity index (χ2n) is 8.60. The van der Waals surface area contributed by atoms with Crippen LogP contribution in [0.25, 0.3) is 10.2 Å². The lowest BCUT2D eigenvalue weighted by atomic mass is 9.72. The standard InChI is InChI=1S/C20H25N5O2S/c1-11-21-18-16(13-7-6-12(20(2,3)4)10-15(13)28-18)19(27)25(11)23-17(26)14-8-9-24(5)22-14/h8-9,12H,6-7,10H2,1-5H3,(H,23,26). The second kappa shape index (κ2) is 6.55. The van der Waals surface area contributed by atoms with Gasteiger partial charge in [0.15, 0.2) is 5.69 Å². The van der Waals surface area contributed by atoms with E-state index in [0.717, 1.165) is 29.7 Å². The summed E-state index contributed by atoms with van der Waals surface area (Å²) in [6.07, 6.45) is 4.62. The summed E-state index contributed by atoms with van der Waals surface area (Å²) >= 11 is 1.62. The molecule has 0 spiro atoms. The predicted octanol–water partition coefficient (Wildman–Crippen LogP) is 3.03. The summed E-state index contributed by atoms with van der Waals surface area (Å²) in [6, 6.07) is 1.61. The van der Waals surface area contributed by atoms with Crippen LogP contribution in [0.1, 0.15) is 53.9 Å². The Kier molecular flexibility index (Phi) is 4.41. The van der Waals surface area contributed by atoms with E-state index in [1.807, 2.05) is 0 Å². The van der Waals surface area contributed by atoms with Gasteiger partial charge in [0, 0.05) is 18.1 Å². The maximum atomic E-state index is 13.2. The number of hydrogen-bond acceptors (Lipinski definition) is 5. The molecule has 148 valence electrons. The Hall–Kier alpha value is -2.48. The number of amides is 1. The first-order valence-electron chi connectivity index (χ1n) is 9.50. The molecular weight excluding hydrogens is 374 g/mol. The first kappa shape index (κ1) is 18.9. The molecular formula is C20H25N5O2S. The van der Waals surface area contributed by atoms with E-state index >= 15 is 0 Å². The zero-order valence-electron chi connectivity index (χ0n) is 16.9. The molecule has 0 radical (unpaired) electrons. The topological polar surface area (TPSA) is 81.8 Å². The molecule has 0 saturated heterocycles. The van der Waals surface area contributed by atoms with Crippen LogP contribution in [0, 0.1) is 18.3 Å². The molecule has 4 rings (SSSR count). The van der Waals surface area contributed by atoms with Gasteiger partial charge in [-0.05, 0) is 49.1 Å². The highest BCUT2D eigenvalue weighted by Gasteiger charge is 2.32. The molecule has 8 heteroatoms. The fraction of sp³-hybridized carbons (Fsp3) is 0.500. The minimum absolute atomic E-state index is 0.210. The monoisotopic (exact) mass is 399 g/mol. The molecule has 0 aliphatic heterocycles. The van der Waals surface area contributed by atoms with E-state index in [-0.39, 0.29) is 16.7 Å². The van der Waals surface area contributed by atoms with Gasteiger partial charge in [0.05, 0.1) is 5.39 Å². The SMILES string of the molecule is Cc1nc2sc3c(c2c(=O)n1NC(=O)c1ccn(C)n1)CCC(C(C)(C)C)C3. The van der Waals surface area contributed by atoms with Crippen molar-refractivity contribution in [1.82, 2.24) is 19.4 Å². The maximum Gasteiger partial charge on any atom is 0.290 e. The van der Waals surface area contributed by atoms with Crippen LogP contribution in [-0.4, -0.2) is 25.3 Å². The van der Waals surface area contributed by atoms with Crippen molar-refractivity contribution in [3.05, 3.63) is 44.6 Å². The number of hydrogen-bond donors (Lipinski definition) is 1.